The highest BCUT2D eigenvalue weighted by molar-refractivity contribution is 5.55. The average molecular weight is 228 g/mol. The van der Waals surface area contributed by atoms with Crippen molar-refractivity contribution in [2.24, 2.45) is 0 Å². The predicted molar refractivity (Wildman–Crippen MR) is 66.4 cm³/mol. The maximum Gasteiger partial charge on any atom is 0.128 e. The van der Waals surface area contributed by atoms with E-state index in [1.165, 1.54) is 0 Å². The quantitative estimate of drug-likeness (QED) is 0.807. The number of hydrogen-bond donors (Lipinski definition) is 0. The van der Waals surface area contributed by atoms with E-state index in [0.717, 1.165) is 42.2 Å². The van der Waals surface area contributed by atoms with Gasteiger partial charge in [-0.05, 0) is 19.4 Å². The van der Waals surface area contributed by atoms with Gasteiger partial charge in [0, 0.05) is 30.6 Å². The number of aromatic nitrogens is 4. The number of rotatable bonds is 4. The van der Waals surface area contributed by atoms with Crippen LogP contribution in [0, 0.1) is 6.92 Å². The Morgan fingerprint density at radius 3 is 2.59 bits per heavy atom. The van der Waals surface area contributed by atoms with Crippen molar-refractivity contribution in [2.75, 3.05) is 0 Å². The van der Waals surface area contributed by atoms with E-state index in [4.69, 9.17) is 0 Å². The number of aryl methyl sites for hydroxylation is 2. The molecule has 2 aromatic heterocycles. The van der Waals surface area contributed by atoms with E-state index in [1.807, 2.05) is 13.0 Å². The van der Waals surface area contributed by atoms with Crippen molar-refractivity contribution in [1.82, 2.24) is 19.9 Å². The molecule has 88 valence electrons. The van der Waals surface area contributed by atoms with E-state index in [1.54, 1.807) is 18.6 Å². The van der Waals surface area contributed by atoms with Crippen molar-refractivity contribution in [2.45, 2.75) is 33.1 Å². The van der Waals surface area contributed by atoms with E-state index in [-0.39, 0.29) is 0 Å². The molecule has 0 atom stereocenters. The Morgan fingerprint density at radius 2 is 1.88 bits per heavy atom. The van der Waals surface area contributed by atoms with Gasteiger partial charge < -0.3 is 0 Å². The van der Waals surface area contributed by atoms with Crippen LogP contribution >= 0.6 is 0 Å². The van der Waals surface area contributed by atoms with Crippen LogP contribution in [0.2, 0.25) is 0 Å². The van der Waals surface area contributed by atoms with Gasteiger partial charge in [-0.1, -0.05) is 13.3 Å². The Hall–Kier alpha value is -1.84. The SMILES string of the molecule is CCCCc1nccc(-c2cnc(C)nc2)n1. The summed E-state index contributed by atoms with van der Waals surface area (Å²) in [6.07, 6.45) is 8.60. The number of hydrogen-bond acceptors (Lipinski definition) is 4. The molecular formula is C13H16N4. The highest BCUT2D eigenvalue weighted by Crippen LogP contribution is 2.14. The third kappa shape index (κ3) is 3.06. The lowest BCUT2D eigenvalue weighted by molar-refractivity contribution is 0.753. The fourth-order valence-corrected chi connectivity index (χ4v) is 1.54. The van der Waals surface area contributed by atoms with Crippen LogP contribution in [0.25, 0.3) is 11.3 Å². The first-order valence-electron chi connectivity index (χ1n) is 5.90. The predicted octanol–water partition coefficient (Wildman–Crippen LogP) is 2.58. The van der Waals surface area contributed by atoms with Crippen LogP contribution in [0.4, 0.5) is 0 Å². The third-order valence-electron chi connectivity index (χ3n) is 2.54. The first-order chi connectivity index (χ1) is 8.29. The van der Waals surface area contributed by atoms with Crippen LogP contribution in [-0.4, -0.2) is 19.9 Å². The largest absolute Gasteiger partial charge is 0.241 e. The van der Waals surface area contributed by atoms with Crippen LogP contribution < -0.4 is 0 Å². The summed E-state index contributed by atoms with van der Waals surface area (Å²) in [4.78, 5) is 17.1. The molecule has 17 heavy (non-hydrogen) atoms. The molecule has 0 saturated heterocycles. The zero-order valence-electron chi connectivity index (χ0n) is 10.2. The molecule has 0 saturated carbocycles. The van der Waals surface area contributed by atoms with Crippen LogP contribution in [0.1, 0.15) is 31.4 Å². The first kappa shape index (κ1) is 11.6. The number of unbranched alkanes of at least 4 members (excludes halogenated alkanes) is 1. The summed E-state index contributed by atoms with van der Waals surface area (Å²) in [7, 11) is 0. The van der Waals surface area contributed by atoms with Crippen molar-refractivity contribution in [1.29, 1.82) is 0 Å². The molecule has 0 bridgehead atoms. The Bertz CT molecular complexity index is 479. The normalized spacial score (nSPS) is 10.5. The molecule has 2 heterocycles. The molecule has 0 aliphatic rings. The Kier molecular flexibility index (Phi) is 3.75. The molecule has 4 heteroatoms. The summed E-state index contributed by atoms with van der Waals surface area (Å²) in [6.45, 7) is 4.04. The van der Waals surface area contributed by atoms with Crippen LogP contribution in [-0.2, 0) is 6.42 Å². The van der Waals surface area contributed by atoms with E-state index in [0.29, 0.717) is 0 Å². The fraction of sp³-hybridized carbons (Fsp3) is 0.385. The van der Waals surface area contributed by atoms with E-state index < -0.39 is 0 Å². The van der Waals surface area contributed by atoms with Crippen molar-refractivity contribution in [3.8, 4) is 11.3 Å². The fourth-order valence-electron chi connectivity index (χ4n) is 1.54. The molecule has 0 fully saturated rings. The van der Waals surface area contributed by atoms with Gasteiger partial charge in [0.2, 0.25) is 0 Å². The van der Waals surface area contributed by atoms with Crippen molar-refractivity contribution >= 4 is 0 Å². The molecule has 0 spiro atoms. The molecule has 0 unspecified atom stereocenters. The van der Waals surface area contributed by atoms with Gasteiger partial charge in [0.15, 0.2) is 0 Å². The summed E-state index contributed by atoms with van der Waals surface area (Å²) in [5, 5.41) is 0. The van der Waals surface area contributed by atoms with Gasteiger partial charge in [0.25, 0.3) is 0 Å². The standard InChI is InChI=1S/C13H16N4/c1-3-4-5-13-14-7-6-12(17-13)11-8-15-10(2)16-9-11/h6-9H,3-5H2,1-2H3. The molecule has 2 aromatic rings. The molecule has 0 N–H and O–H groups in total. The van der Waals surface area contributed by atoms with Crippen LogP contribution in [0.15, 0.2) is 24.7 Å². The number of nitrogens with zero attached hydrogens (tertiary/aromatic N) is 4. The monoisotopic (exact) mass is 228 g/mol. The van der Waals surface area contributed by atoms with Gasteiger partial charge in [-0.25, -0.2) is 19.9 Å². The molecule has 4 nitrogen and oxygen atoms in total. The minimum absolute atomic E-state index is 0.772. The lowest BCUT2D eigenvalue weighted by Gasteiger charge is -2.03. The van der Waals surface area contributed by atoms with Crippen molar-refractivity contribution in [3.63, 3.8) is 0 Å². The highest BCUT2D eigenvalue weighted by atomic mass is 14.9. The van der Waals surface area contributed by atoms with Gasteiger partial charge in [-0.15, -0.1) is 0 Å². The summed E-state index contributed by atoms with van der Waals surface area (Å²) >= 11 is 0. The van der Waals surface area contributed by atoms with Gasteiger partial charge >= 0.3 is 0 Å². The summed E-state index contributed by atoms with van der Waals surface area (Å²) in [5.41, 5.74) is 1.84. The second-order valence-electron chi connectivity index (χ2n) is 3.98. The summed E-state index contributed by atoms with van der Waals surface area (Å²) < 4.78 is 0. The Morgan fingerprint density at radius 1 is 1.12 bits per heavy atom. The molecular weight excluding hydrogens is 212 g/mol. The average Bonchev–Trinajstić information content (AvgIpc) is 2.37. The molecule has 0 aromatic carbocycles. The van der Waals surface area contributed by atoms with Gasteiger partial charge in [-0.3, -0.25) is 0 Å². The molecule has 0 aliphatic carbocycles. The molecule has 0 amide bonds. The minimum Gasteiger partial charge on any atom is -0.241 e. The van der Waals surface area contributed by atoms with Crippen LogP contribution in [0.3, 0.4) is 0 Å². The zero-order valence-corrected chi connectivity index (χ0v) is 10.2. The first-order valence-corrected chi connectivity index (χ1v) is 5.90. The van der Waals surface area contributed by atoms with E-state index in [9.17, 15) is 0 Å². The van der Waals surface area contributed by atoms with E-state index in [2.05, 4.69) is 26.9 Å². The van der Waals surface area contributed by atoms with Gasteiger partial charge in [0.1, 0.15) is 11.6 Å². The minimum atomic E-state index is 0.772. The zero-order chi connectivity index (χ0) is 12.1. The van der Waals surface area contributed by atoms with E-state index >= 15 is 0 Å². The molecule has 0 radical (unpaired) electrons. The molecule has 0 aliphatic heterocycles. The van der Waals surface area contributed by atoms with Crippen LogP contribution in [0.5, 0.6) is 0 Å². The summed E-state index contributed by atoms with van der Waals surface area (Å²) in [6, 6.07) is 1.89. The maximum absolute atomic E-state index is 4.52. The van der Waals surface area contributed by atoms with Crippen molar-refractivity contribution in [3.05, 3.63) is 36.3 Å². The summed E-state index contributed by atoms with van der Waals surface area (Å²) in [5.74, 6) is 1.67. The maximum atomic E-state index is 4.52. The topological polar surface area (TPSA) is 51.6 Å². The highest BCUT2D eigenvalue weighted by Gasteiger charge is 2.02. The second-order valence-corrected chi connectivity index (χ2v) is 3.98. The van der Waals surface area contributed by atoms with Gasteiger partial charge in [0.05, 0.1) is 5.69 Å². The lowest BCUT2D eigenvalue weighted by atomic mass is 10.2. The molecule has 2 rings (SSSR count). The van der Waals surface area contributed by atoms with Crippen molar-refractivity contribution < 1.29 is 0 Å². The van der Waals surface area contributed by atoms with Gasteiger partial charge in [-0.2, -0.15) is 0 Å². The lowest BCUT2D eigenvalue weighted by Crippen LogP contribution is -1.97. The Balaban J connectivity index is 2.23. The Labute approximate surface area is 101 Å². The smallest absolute Gasteiger partial charge is 0.128 e. The third-order valence-corrected chi connectivity index (χ3v) is 2.54. The second kappa shape index (κ2) is 5.48.